The summed E-state index contributed by atoms with van der Waals surface area (Å²) in [6.45, 7) is 4.05. The van der Waals surface area contributed by atoms with Gasteiger partial charge in [-0.05, 0) is 43.2 Å². The number of carbonyl (C=O) groups is 1. The molecule has 0 aliphatic rings. The van der Waals surface area contributed by atoms with Gasteiger partial charge in [-0.3, -0.25) is 4.79 Å². The number of benzene rings is 2. The number of carbonyl (C=O) groups excluding carboxylic acids is 1. The highest BCUT2D eigenvalue weighted by Gasteiger charge is 2.12. The predicted octanol–water partition coefficient (Wildman–Crippen LogP) is 4.88. The number of hydrogen-bond acceptors (Lipinski definition) is 7. The summed E-state index contributed by atoms with van der Waals surface area (Å²) in [4.78, 5) is 12.4. The molecule has 0 atom stereocenters. The highest BCUT2D eigenvalue weighted by atomic mass is 32.2. The van der Waals surface area contributed by atoms with Gasteiger partial charge in [-0.1, -0.05) is 47.4 Å². The molecule has 3 rings (SSSR count). The molecule has 0 spiro atoms. The topological polar surface area (TPSA) is 64.1 Å². The Bertz CT molecular complexity index is 925. The number of ether oxygens (including phenoxy) is 1. The van der Waals surface area contributed by atoms with Crippen molar-refractivity contribution in [2.24, 2.45) is 0 Å². The molecule has 26 heavy (non-hydrogen) atoms. The van der Waals surface area contributed by atoms with Gasteiger partial charge in [0.05, 0.1) is 18.6 Å². The number of nitrogens with one attached hydrogen (secondary N) is 1. The van der Waals surface area contributed by atoms with Crippen molar-refractivity contribution in [1.82, 2.24) is 10.2 Å². The highest BCUT2D eigenvalue weighted by molar-refractivity contribution is 8.01. The first-order chi connectivity index (χ1) is 12.6. The molecule has 3 aromatic rings. The fourth-order valence-corrected chi connectivity index (χ4v) is 3.97. The number of rotatable bonds is 7. The number of aryl methyl sites for hydroxylation is 2. The van der Waals surface area contributed by atoms with Gasteiger partial charge in [-0.25, -0.2) is 0 Å². The van der Waals surface area contributed by atoms with Gasteiger partial charge < -0.3 is 10.1 Å². The molecule has 7 heteroatoms. The molecular weight excluding hydrogens is 366 g/mol. The van der Waals surface area contributed by atoms with Crippen molar-refractivity contribution in [2.75, 3.05) is 18.2 Å². The summed E-state index contributed by atoms with van der Waals surface area (Å²) >= 11 is 2.81. The molecule has 134 valence electrons. The second-order valence-corrected chi connectivity index (χ2v) is 7.91. The number of para-hydroxylation sites is 2. The van der Waals surface area contributed by atoms with Gasteiger partial charge >= 0.3 is 0 Å². The van der Waals surface area contributed by atoms with Crippen LogP contribution in [0.1, 0.15) is 21.5 Å². The third kappa shape index (κ3) is 4.42. The fourth-order valence-electron chi connectivity index (χ4n) is 2.31. The quantitative estimate of drug-likeness (QED) is 0.462. The summed E-state index contributed by atoms with van der Waals surface area (Å²) in [5.41, 5.74) is 3.87. The van der Waals surface area contributed by atoms with Gasteiger partial charge in [-0.15, -0.1) is 10.2 Å². The largest absolute Gasteiger partial charge is 0.495 e. The second kappa shape index (κ2) is 8.33. The molecule has 0 aliphatic heterocycles. The van der Waals surface area contributed by atoms with Gasteiger partial charge in [-0.2, -0.15) is 0 Å². The third-order valence-corrected chi connectivity index (χ3v) is 5.88. The van der Waals surface area contributed by atoms with E-state index in [2.05, 4.69) is 15.5 Å². The van der Waals surface area contributed by atoms with Gasteiger partial charge in [0.2, 0.25) is 5.13 Å². The van der Waals surface area contributed by atoms with Crippen LogP contribution in [0.2, 0.25) is 0 Å². The first-order valence-corrected chi connectivity index (χ1v) is 9.84. The predicted molar refractivity (Wildman–Crippen MR) is 107 cm³/mol. The summed E-state index contributed by atoms with van der Waals surface area (Å²) in [6, 6.07) is 13.4. The van der Waals surface area contributed by atoms with Crippen LogP contribution in [0.5, 0.6) is 5.75 Å². The molecule has 0 aliphatic carbocycles. The van der Waals surface area contributed by atoms with Crippen LogP contribution in [-0.4, -0.2) is 28.8 Å². The highest BCUT2D eigenvalue weighted by Crippen LogP contribution is 2.31. The number of anilines is 2. The van der Waals surface area contributed by atoms with Crippen LogP contribution in [0.4, 0.5) is 10.8 Å². The zero-order valence-corrected chi connectivity index (χ0v) is 16.4. The van der Waals surface area contributed by atoms with Crippen molar-refractivity contribution in [3.63, 3.8) is 0 Å². The Morgan fingerprint density at radius 2 is 1.96 bits per heavy atom. The van der Waals surface area contributed by atoms with Crippen molar-refractivity contribution < 1.29 is 9.53 Å². The standard InChI is InChI=1S/C19H19N3O2S2/c1-12-8-9-14(10-13(12)2)16(23)11-25-19-22-21-18(26-19)20-15-6-4-5-7-17(15)24-3/h4-10H,11H2,1-3H3,(H,20,21). The van der Waals surface area contributed by atoms with E-state index in [9.17, 15) is 4.79 Å². The van der Waals surface area contributed by atoms with E-state index in [1.165, 1.54) is 28.7 Å². The van der Waals surface area contributed by atoms with Crippen LogP contribution in [0.3, 0.4) is 0 Å². The summed E-state index contributed by atoms with van der Waals surface area (Å²) in [5.74, 6) is 1.17. The molecule has 0 fully saturated rings. The van der Waals surface area contributed by atoms with Crippen molar-refractivity contribution in [3.8, 4) is 5.75 Å². The maximum absolute atomic E-state index is 12.4. The van der Waals surface area contributed by atoms with Gasteiger partial charge in [0.25, 0.3) is 0 Å². The Hall–Kier alpha value is -2.38. The van der Waals surface area contributed by atoms with Gasteiger partial charge in [0.15, 0.2) is 10.1 Å². The average Bonchev–Trinajstić information content (AvgIpc) is 3.10. The Kier molecular flexibility index (Phi) is 5.90. The van der Waals surface area contributed by atoms with Crippen molar-refractivity contribution in [3.05, 3.63) is 59.2 Å². The Balaban J connectivity index is 1.61. The second-order valence-electron chi connectivity index (χ2n) is 5.71. The number of methoxy groups -OCH3 is 1. The first-order valence-electron chi connectivity index (χ1n) is 8.03. The van der Waals surface area contributed by atoms with Crippen LogP contribution in [-0.2, 0) is 0 Å². The normalized spacial score (nSPS) is 10.6. The molecule has 1 heterocycles. The van der Waals surface area contributed by atoms with Crippen molar-refractivity contribution in [1.29, 1.82) is 0 Å². The first kappa shape index (κ1) is 18.4. The maximum atomic E-state index is 12.4. The summed E-state index contributed by atoms with van der Waals surface area (Å²) in [7, 11) is 1.63. The molecular formula is C19H19N3O2S2. The van der Waals surface area contributed by atoms with E-state index < -0.39 is 0 Å². The maximum Gasteiger partial charge on any atom is 0.210 e. The van der Waals surface area contributed by atoms with Crippen LogP contribution < -0.4 is 10.1 Å². The zero-order chi connectivity index (χ0) is 18.5. The number of hydrogen-bond donors (Lipinski definition) is 1. The van der Waals surface area contributed by atoms with E-state index in [1.807, 2.05) is 56.3 Å². The molecule has 0 saturated heterocycles. The van der Waals surface area contributed by atoms with Crippen molar-refractivity contribution in [2.45, 2.75) is 18.2 Å². The van der Waals surface area contributed by atoms with E-state index in [-0.39, 0.29) is 5.78 Å². The fraction of sp³-hybridized carbons (Fsp3) is 0.211. The van der Waals surface area contributed by atoms with E-state index in [1.54, 1.807) is 7.11 Å². The third-order valence-electron chi connectivity index (χ3n) is 3.91. The summed E-state index contributed by atoms with van der Waals surface area (Å²) in [5, 5.41) is 12.1. The van der Waals surface area contributed by atoms with Gasteiger partial charge in [0, 0.05) is 5.56 Å². The molecule has 1 N–H and O–H groups in total. The monoisotopic (exact) mass is 385 g/mol. The smallest absolute Gasteiger partial charge is 0.210 e. The lowest BCUT2D eigenvalue weighted by Gasteiger charge is -2.07. The lowest BCUT2D eigenvalue weighted by Crippen LogP contribution is -2.03. The molecule has 5 nitrogen and oxygen atoms in total. The number of Topliss-reactive ketones (excluding diaryl/α,β-unsaturated/α-hetero) is 1. The molecule has 0 radical (unpaired) electrons. The van der Waals surface area contributed by atoms with E-state index in [0.29, 0.717) is 10.9 Å². The molecule has 0 amide bonds. The minimum Gasteiger partial charge on any atom is -0.495 e. The lowest BCUT2D eigenvalue weighted by molar-refractivity contribution is 0.102. The molecule has 0 bridgehead atoms. The SMILES string of the molecule is COc1ccccc1Nc1nnc(SCC(=O)c2ccc(C)c(C)c2)s1. The van der Waals surface area contributed by atoms with Crippen LogP contribution >= 0.6 is 23.1 Å². The Labute approximate surface area is 160 Å². The lowest BCUT2D eigenvalue weighted by atomic mass is 10.0. The van der Waals surface area contributed by atoms with E-state index in [0.717, 1.165) is 26.9 Å². The molecule has 0 unspecified atom stereocenters. The number of nitrogens with zero attached hydrogens (tertiary/aromatic N) is 2. The van der Waals surface area contributed by atoms with Gasteiger partial charge in [0.1, 0.15) is 5.75 Å². The summed E-state index contributed by atoms with van der Waals surface area (Å²) in [6.07, 6.45) is 0. The minimum absolute atomic E-state index is 0.0903. The zero-order valence-electron chi connectivity index (χ0n) is 14.8. The minimum atomic E-state index is 0.0903. The Morgan fingerprint density at radius 3 is 2.73 bits per heavy atom. The molecule has 2 aromatic carbocycles. The average molecular weight is 386 g/mol. The van der Waals surface area contributed by atoms with E-state index >= 15 is 0 Å². The Morgan fingerprint density at radius 1 is 1.15 bits per heavy atom. The number of thioether (sulfide) groups is 1. The van der Waals surface area contributed by atoms with E-state index in [4.69, 9.17) is 4.74 Å². The molecule has 1 aromatic heterocycles. The van der Waals surface area contributed by atoms with Crippen LogP contribution in [0, 0.1) is 13.8 Å². The molecule has 0 saturated carbocycles. The van der Waals surface area contributed by atoms with Crippen LogP contribution in [0.25, 0.3) is 0 Å². The summed E-state index contributed by atoms with van der Waals surface area (Å²) < 4.78 is 6.06. The van der Waals surface area contributed by atoms with Crippen LogP contribution in [0.15, 0.2) is 46.8 Å². The van der Waals surface area contributed by atoms with Crippen molar-refractivity contribution >= 4 is 39.7 Å². The number of ketones is 1. The number of aromatic nitrogens is 2.